The van der Waals surface area contributed by atoms with Crippen molar-refractivity contribution in [3.05, 3.63) is 35.9 Å². The molecule has 144 valence electrons. The van der Waals surface area contributed by atoms with Gasteiger partial charge in [0.05, 0.1) is 0 Å². The first kappa shape index (κ1) is 19.1. The Morgan fingerprint density at radius 2 is 1.81 bits per heavy atom. The summed E-state index contributed by atoms with van der Waals surface area (Å²) in [5, 5.41) is 2.61. The third-order valence-corrected chi connectivity index (χ3v) is 5.14. The predicted octanol–water partition coefficient (Wildman–Crippen LogP) is 0.875. The van der Waals surface area contributed by atoms with Gasteiger partial charge in [0.25, 0.3) is 5.91 Å². The molecule has 0 saturated carbocycles. The highest BCUT2D eigenvalue weighted by Gasteiger charge is 2.38. The normalized spacial score (nSPS) is 20.1. The molecule has 0 radical (unpaired) electrons. The first-order chi connectivity index (χ1) is 13.1. The lowest BCUT2D eigenvalue weighted by Crippen LogP contribution is -2.47. The minimum absolute atomic E-state index is 0.0947. The van der Waals surface area contributed by atoms with Crippen LogP contribution in [0.5, 0.6) is 0 Å². The van der Waals surface area contributed by atoms with Crippen LogP contribution in [0.1, 0.15) is 37.7 Å². The molecule has 7 nitrogen and oxygen atoms in total. The van der Waals surface area contributed by atoms with Gasteiger partial charge in [-0.05, 0) is 24.8 Å². The molecule has 1 aromatic rings. The zero-order chi connectivity index (χ0) is 19.2. The van der Waals surface area contributed by atoms with E-state index < -0.39 is 17.7 Å². The standard InChI is InChI=1S/C20H25N3O4/c24-17-8-4-5-12-22(17)13-11-21-20(27)19(26)16-9-10-18(25)23(16)14-15-6-2-1-3-7-15/h1-3,6-7,16H,4-5,8-14H2,(H,21,27)/t16-/m1/s1. The highest BCUT2D eigenvalue weighted by Crippen LogP contribution is 2.22. The number of carbonyl (C=O) groups is 4. The fourth-order valence-electron chi connectivity index (χ4n) is 3.63. The van der Waals surface area contributed by atoms with E-state index in [2.05, 4.69) is 5.32 Å². The third-order valence-electron chi connectivity index (χ3n) is 5.14. The summed E-state index contributed by atoms with van der Waals surface area (Å²) in [6.45, 7) is 1.68. The number of ketones is 1. The molecule has 0 unspecified atom stereocenters. The van der Waals surface area contributed by atoms with Crippen molar-refractivity contribution in [3.8, 4) is 0 Å². The van der Waals surface area contributed by atoms with Gasteiger partial charge < -0.3 is 15.1 Å². The van der Waals surface area contributed by atoms with Crippen LogP contribution in [-0.2, 0) is 25.7 Å². The van der Waals surface area contributed by atoms with Gasteiger partial charge in [-0.1, -0.05) is 30.3 Å². The molecule has 27 heavy (non-hydrogen) atoms. The Labute approximate surface area is 158 Å². The number of amides is 3. The van der Waals surface area contributed by atoms with E-state index in [1.54, 1.807) is 4.90 Å². The maximum atomic E-state index is 12.6. The smallest absolute Gasteiger partial charge is 0.289 e. The summed E-state index contributed by atoms with van der Waals surface area (Å²) in [5.74, 6) is -1.28. The molecule has 2 aliphatic heterocycles. The molecule has 1 aromatic carbocycles. The number of nitrogens with zero attached hydrogens (tertiary/aromatic N) is 2. The molecule has 2 fully saturated rings. The number of benzene rings is 1. The van der Waals surface area contributed by atoms with Crippen LogP contribution in [0.15, 0.2) is 30.3 Å². The van der Waals surface area contributed by atoms with E-state index in [9.17, 15) is 19.2 Å². The second-order valence-corrected chi connectivity index (χ2v) is 7.02. The summed E-state index contributed by atoms with van der Waals surface area (Å²) in [4.78, 5) is 52.0. The van der Waals surface area contributed by atoms with Crippen LogP contribution in [0, 0.1) is 0 Å². The van der Waals surface area contributed by atoms with E-state index in [1.165, 1.54) is 4.90 Å². The van der Waals surface area contributed by atoms with Crippen LogP contribution in [-0.4, -0.2) is 59.0 Å². The maximum absolute atomic E-state index is 12.6. The first-order valence-electron chi connectivity index (χ1n) is 9.49. The van der Waals surface area contributed by atoms with Crippen molar-refractivity contribution < 1.29 is 19.2 Å². The molecule has 1 N–H and O–H groups in total. The summed E-state index contributed by atoms with van der Waals surface area (Å²) in [6.07, 6.45) is 3.07. The molecule has 2 heterocycles. The van der Waals surface area contributed by atoms with Gasteiger partial charge in [-0.3, -0.25) is 19.2 Å². The van der Waals surface area contributed by atoms with Gasteiger partial charge in [0.2, 0.25) is 17.6 Å². The van der Waals surface area contributed by atoms with Crippen molar-refractivity contribution in [2.75, 3.05) is 19.6 Å². The average Bonchev–Trinajstić information content (AvgIpc) is 3.04. The summed E-state index contributed by atoms with van der Waals surface area (Å²) >= 11 is 0. The molecule has 0 spiro atoms. The molecule has 3 rings (SSSR count). The second-order valence-electron chi connectivity index (χ2n) is 7.02. The topological polar surface area (TPSA) is 86.8 Å². The molecule has 0 aliphatic carbocycles. The molecular weight excluding hydrogens is 346 g/mol. The molecule has 1 atom stereocenters. The molecule has 7 heteroatoms. The summed E-state index contributed by atoms with van der Waals surface area (Å²) in [6, 6.07) is 8.71. The van der Waals surface area contributed by atoms with Crippen molar-refractivity contribution in [2.24, 2.45) is 0 Å². The second kappa shape index (κ2) is 8.79. The number of piperidine rings is 1. The molecule has 0 bridgehead atoms. The fourth-order valence-corrected chi connectivity index (χ4v) is 3.63. The monoisotopic (exact) mass is 371 g/mol. The zero-order valence-corrected chi connectivity index (χ0v) is 15.4. The van der Waals surface area contributed by atoms with Crippen molar-refractivity contribution in [3.63, 3.8) is 0 Å². The predicted molar refractivity (Wildman–Crippen MR) is 98.5 cm³/mol. The van der Waals surface area contributed by atoms with E-state index in [1.807, 2.05) is 30.3 Å². The average molecular weight is 371 g/mol. The summed E-state index contributed by atoms with van der Waals surface area (Å²) in [7, 11) is 0. The molecule has 0 aromatic heterocycles. The Morgan fingerprint density at radius 1 is 1.04 bits per heavy atom. The Kier molecular flexibility index (Phi) is 6.21. The minimum Gasteiger partial charge on any atom is -0.348 e. The molecule has 3 amide bonds. The lowest BCUT2D eigenvalue weighted by molar-refractivity contribution is -0.143. The van der Waals surface area contributed by atoms with Gasteiger partial charge in [-0.25, -0.2) is 0 Å². The summed E-state index contributed by atoms with van der Waals surface area (Å²) < 4.78 is 0. The van der Waals surface area contributed by atoms with E-state index >= 15 is 0 Å². The van der Waals surface area contributed by atoms with Gasteiger partial charge in [0.15, 0.2) is 0 Å². The minimum atomic E-state index is -0.714. The van der Waals surface area contributed by atoms with Gasteiger partial charge in [-0.2, -0.15) is 0 Å². The highest BCUT2D eigenvalue weighted by molar-refractivity contribution is 6.38. The molecule has 2 aliphatic rings. The highest BCUT2D eigenvalue weighted by atomic mass is 16.2. The van der Waals surface area contributed by atoms with Crippen molar-refractivity contribution in [1.82, 2.24) is 15.1 Å². The number of rotatable bonds is 7. The van der Waals surface area contributed by atoms with Gasteiger partial charge in [-0.15, -0.1) is 0 Å². The number of hydrogen-bond donors (Lipinski definition) is 1. The van der Waals surface area contributed by atoms with E-state index in [-0.39, 0.29) is 24.8 Å². The van der Waals surface area contributed by atoms with Crippen molar-refractivity contribution >= 4 is 23.5 Å². The number of nitrogens with one attached hydrogen (secondary N) is 1. The lowest BCUT2D eigenvalue weighted by atomic mass is 10.1. The van der Waals surface area contributed by atoms with E-state index in [0.29, 0.717) is 32.5 Å². The van der Waals surface area contributed by atoms with Crippen LogP contribution in [0.4, 0.5) is 0 Å². The number of Topliss-reactive ketones (excluding diaryl/α,β-unsaturated/α-hetero) is 1. The third kappa shape index (κ3) is 4.72. The largest absolute Gasteiger partial charge is 0.348 e. The Hall–Kier alpha value is -2.70. The SMILES string of the molecule is O=C(NCCN1CCCCC1=O)C(=O)[C@H]1CCC(=O)N1Cc1ccccc1. The Bertz CT molecular complexity index is 719. The lowest BCUT2D eigenvalue weighted by Gasteiger charge is -2.27. The van der Waals surface area contributed by atoms with Crippen LogP contribution >= 0.6 is 0 Å². The van der Waals surface area contributed by atoms with Crippen LogP contribution in [0.3, 0.4) is 0 Å². The number of hydrogen-bond acceptors (Lipinski definition) is 4. The Morgan fingerprint density at radius 3 is 2.56 bits per heavy atom. The van der Waals surface area contributed by atoms with Gasteiger partial charge >= 0.3 is 0 Å². The van der Waals surface area contributed by atoms with Crippen LogP contribution in [0.25, 0.3) is 0 Å². The Balaban J connectivity index is 1.52. The van der Waals surface area contributed by atoms with Gasteiger partial charge in [0, 0.05) is 39.0 Å². The summed E-state index contributed by atoms with van der Waals surface area (Å²) in [5.41, 5.74) is 0.926. The molecular formula is C20H25N3O4. The van der Waals surface area contributed by atoms with Crippen LogP contribution < -0.4 is 5.32 Å². The number of carbonyl (C=O) groups excluding carboxylic acids is 4. The fraction of sp³-hybridized carbons (Fsp3) is 0.500. The quantitative estimate of drug-likeness (QED) is 0.721. The zero-order valence-electron chi connectivity index (χ0n) is 15.4. The van der Waals surface area contributed by atoms with Crippen molar-refractivity contribution in [1.29, 1.82) is 0 Å². The van der Waals surface area contributed by atoms with E-state index in [0.717, 1.165) is 18.4 Å². The van der Waals surface area contributed by atoms with Gasteiger partial charge in [0.1, 0.15) is 6.04 Å². The maximum Gasteiger partial charge on any atom is 0.289 e. The number of likely N-dealkylation sites (tertiary alicyclic amines) is 2. The van der Waals surface area contributed by atoms with Crippen LogP contribution in [0.2, 0.25) is 0 Å². The first-order valence-corrected chi connectivity index (χ1v) is 9.49. The molecule has 2 saturated heterocycles. The van der Waals surface area contributed by atoms with Crippen molar-refractivity contribution in [2.45, 2.75) is 44.7 Å². The van der Waals surface area contributed by atoms with E-state index in [4.69, 9.17) is 0 Å².